The lowest BCUT2D eigenvalue weighted by molar-refractivity contribution is 0.0724. The molecule has 0 aromatic carbocycles. The lowest BCUT2D eigenvalue weighted by Crippen LogP contribution is -2.36. The second-order valence-electron chi connectivity index (χ2n) is 1.04. The molecule has 4 heteroatoms. The summed E-state index contributed by atoms with van der Waals surface area (Å²) in [5, 5.41) is 14.5. The number of hydrogen-bond donors (Lipinski definition) is 4. The van der Waals surface area contributed by atoms with Crippen molar-refractivity contribution in [3.8, 4) is 0 Å². The van der Waals surface area contributed by atoms with Gasteiger partial charge in [0.05, 0.1) is 6.61 Å². The Kier molecular flexibility index (Phi) is 1.86. The normalized spacial score (nSPS) is 20.0. The van der Waals surface area contributed by atoms with Gasteiger partial charge in [0.25, 0.3) is 0 Å². The smallest absolute Gasteiger partial charge is 0.182 e. The van der Waals surface area contributed by atoms with Gasteiger partial charge in [-0.25, -0.2) is 0 Å². The van der Waals surface area contributed by atoms with E-state index >= 15 is 0 Å². The Balaban J connectivity index is 3.17. The third-order valence-corrected chi connectivity index (χ3v) is 0.374. The van der Waals surface area contributed by atoms with Crippen LogP contribution in [0.2, 0.25) is 0 Å². The number of thiol groups is 1. The molecule has 0 fully saturated rings. The molecular weight excluding hydrogens is 102 g/mol. The maximum atomic E-state index is 8.22. The predicted molar refractivity (Wildman–Crippen MR) is 25.2 cm³/mol. The third-order valence-electron chi connectivity index (χ3n) is 0.233. The van der Waals surface area contributed by atoms with Gasteiger partial charge in [-0.2, -0.15) is 0 Å². The molecule has 1 atom stereocenters. The minimum Gasteiger partial charge on any atom is -0.391 e. The van der Waals surface area contributed by atoms with Crippen molar-refractivity contribution in [3.05, 3.63) is 0 Å². The highest BCUT2D eigenvalue weighted by atomic mass is 32.1. The fraction of sp³-hybridized carbons (Fsp3) is 1.00. The Bertz CT molecular complexity index is 41.3. The summed E-state index contributed by atoms with van der Waals surface area (Å²) in [6.45, 7) is -0.532. The summed E-state index contributed by atoms with van der Waals surface area (Å²) < 4.78 is 0. The first-order chi connectivity index (χ1) is 2.56. The average Bonchev–Trinajstić information content (AvgIpc) is 1.35. The van der Waals surface area contributed by atoms with Crippen molar-refractivity contribution in [3.63, 3.8) is 0 Å². The second-order valence-corrected chi connectivity index (χ2v) is 1.81. The van der Waals surface area contributed by atoms with Gasteiger partial charge in [-0.1, -0.05) is 0 Å². The van der Waals surface area contributed by atoms with Gasteiger partial charge in [-0.05, 0) is 0 Å². The van der Waals surface area contributed by atoms with E-state index in [0.29, 0.717) is 0 Å². The van der Waals surface area contributed by atoms with Crippen molar-refractivity contribution in [1.82, 2.24) is 0 Å². The van der Waals surface area contributed by atoms with Gasteiger partial charge in [-0.15, -0.1) is 12.6 Å². The zero-order chi connectivity index (χ0) is 5.21. The van der Waals surface area contributed by atoms with E-state index in [4.69, 9.17) is 15.9 Å². The Morgan fingerprint density at radius 2 is 2.00 bits per heavy atom. The van der Waals surface area contributed by atoms with Crippen LogP contribution in [-0.4, -0.2) is 21.9 Å². The SMILES string of the molecule is NC(O)(S)CO. The van der Waals surface area contributed by atoms with Crippen molar-refractivity contribution < 1.29 is 10.2 Å². The first-order valence-corrected chi connectivity index (χ1v) is 1.85. The monoisotopic (exact) mass is 109 g/mol. The van der Waals surface area contributed by atoms with Crippen molar-refractivity contribution in [1.29, 1.82) is 0 Å². The first kappa shape index (κ1) is 6.23. The summed E-state index contributed by atoms with van der Waals surface area (Å²) >= 11 is 3.34. The molecule has 6 heavy (non-hydrogen) atoms. The van der Waals surface area contributed by atoms with Crippen molar-refractivity contribution in [2.24, 2.45) is 5.73 Å². The summed E-state index contributed by atoms with van der Waals surface area (Å²) in [4.78, 5) is 0. The summed E-state index contributed by atoms with van der Waals surface area (Å²) in [5.74, 6) is 0. The van der Waals surface area contributed by atoms with E-state index in [9.17, 15) is 0 Å². The quantitative estimate of drug-likeness (QED) is 0.245. The molecule has 38 valence electrons. The average molecular weight is 109 g/mol. The minimum absolute atomic E-state index is 0.532. The molecule has 0 saturated carbocycles. The highest BCUT2D eigenvalue weighted by molar-refractivity contribution is 7.81. The molecule has 0 heterocycles. The standard InChI is InChI=1S/C2H7NO2S/c3-2(5,6)1-4/h4-6H,1,3H2. The van der Waals surface area contributed by atoms with E-state index in [2.05, 4.69) is 12.6 Å². The minimum atomic E-state index is -1.71. The molecule has 0 aliphatic rings. The molecule has 0 spiro atoms. The number of hydrogen-bond acceptors (Lipinski definition) is 4. The van der Waals surface area contributed by atoms with Crippen LogP contribution in [0.1, 0.15) is 0 Å². The Morgan fingerprint density at radius 3 is 2.00 bits per heavy atom. The molecule has 0 aliphatic carbocycles. The van der Waals surface area contributed by atoms with E-state index in [1.54, 1.807) is 0 Å². The molecule has 1 unspecified atom stereocenters. The van der Waals surface area contributed by atoms with Crippen LogP contribution >= 0.6 is 12.6 Å². The number of nitrogens with two attached hydrogens (primary N) is 1. The topological polar surface area (TPSA) is 66.5 Å². The number of aliphatic hydroxyl groups is 2. The lowest BCUT2D eigenvalue weighted by atomic mass is 10.6. The van der Waals surface area contributed by atoms with Crippen LogP contribution in [0, 0.1) is 0 Å². The van der Waals surface area contributed by atoms with E-state index < -0.39 is 11.7 Å². The maximum Gasteiger partial charge on any atom is 0.182 e. The Hall–Kier alpha value is 0.230. The van der Waals surface area contributed by atoms with Crippen LogP contribution in [-0.2, 0) is 0 Å². The Morgan fingerprint density at radius 1 is 1.83 bits per heavy atom. The largest absolute Gasteiger partial charge is 0.391 e. The number of aliphatic hydroxyl groups excluding tert-OH is 1. The first-order valence-electron chi connectivity index (χ1n) is 1.41. The lowest BCUT2D eigenvalue weighted by Gasteiger charge is -2.09. The number of rotatable bonds is 1. The molecular formula is C2H7NO2S. The van der Waals surface area contributed by atoms with Crippen molar-refractivity contribution in [2.45, 2.75) is 5.06 Å². The zero-order valence-corrected chi connectivity index (χ0v) is 4.02. The molecule has 0 radical (unpaired) electrons. The highest BCUT2D eigenvalue weighted by Gasteiger charge is 2.09. The van der Waals surface area contributed by atoms with Gasteiger partial charge in [-0.3, -0.25) is 5.73 Å². The van der Waals surface area contributed by atoms with Crippen LogP contribution in [0.4, 0.5) is 0 Å². The van der Waals surface area contributed by atoms with Crippen LogP contribution in [0.3, 0.4) is 0 Å². The van der Waals surface area contributed by atoms with Crippen molar-refractivity contribution >= 4 is 12.6 Å². The van der Waals surface area contributed by atoms with Gasteiger partial charge in [0, 0.05) is 0 Å². The van der Waals surface area contributed by atoms with Crippen LogP contribution in [0.15, 0.2) is 0 Å². The molecule has 3 nitrogen and oxygen atoms in total. The van der Waals surface area contributed by atoms with Gasteiger partial charge in [0.2, 0.25) is 0 Å². The maximum absolute atomic E-state index is 8.22. The highest BCUT2D eigenvalue weighted by Crippen LogP contribution is 1.94. The zero-order valence-electron chi connectivity index (χ0n) is 3.13. The summed E-state index contributed by atoms with van der Waals surface area (Å²) in [7, 11) is 0. The van der Waals surface area contributed by atoms with Crippen LogP contribution < -0.4 is 5.73 Å². The molecule has 0 rings (SSSR count). The van der Waals surface area contributed by atoms with Crippen LogP contribution in [0.5, 0.6) is 0 Å². The summed E-state index contributed by atoms with van der Waals surface area (Å²) in [6, 6.07) is 0. The van der Waals surface area contributed by atoms with Gasteiger partial charge >= 0.3 is 0 Å². The Labute approximate surface area is 41.2 Å². The molecule has 4 N–H and O–H groups in total. The fourth-order valence-corrected chi connectivity index (χ4v) is 0. The molecule has 0 aliphatic heterocycles. The van der Waals surface area contributed by atoms with Gasteiger partial charge < -0.3 is 10.2 Å². The molecule has 0 aromatic heterocycles. The molecule has 0 bridgehead atoms. The molecule has 0 aromatic rings. The summed E-state index contributed by atoms with van der Waals surface area (Å²) in [5.41, 5.74) is 4.70. The fourth-order valence-electron chi connectivity index (χ4n) is 0. The van der Waals surface area contributed by atoms with E-state index in [1.165, 1.54) is 0 Å². The second kappa shape index (κ2) is 1.79. The molecule has 0 saturated heterocycles. The van der Waals surface area contributed by atoms with Gasteiger partial charge in [0.1, 0.15) is 0 Å². The van der Waals surface area contributed by atoms with Crippen LogP contribution in [0.25, 0.3) is 0 Å². The summed E-state index contributed by atoms with van der Waals surface area (Å²) in [6.07, 6.45) is 0. The third kappa shape index (κ3) is 4.23. The van der Waals surface area contributed by atoms with E-state index in [1.807, 2.05) is 0 Å². The van der Waals surface area contributed by atoms with Crippen molar-refractivity contribution in [2.75, 3.05) is 6.61 Å². The van der Waals surface area contributed by atoms with Gasteiger partial charge in [0.15, 0.2) is 5.06 Å². The van der Waals surface area contributed by atoms with E-state index in [0.717, 1.165) is 0 Å². The van der Waals surface area contributed by atoms with E-state index in [-0.39, 0.29) is 0 Å². The molecule has 0 amide bonds. The predicted octanol–water partition coefficient (Wildman–Crippen LogP) is -1.49.